The Hall–Kier alpha value is -2.80. The van der Waals surface area contributed by atoms with Gasteiger partial charge in [-0.05, 0) is 36.8 Å². The summed E-state index contributed by atoms with van der Waals surface area (Å²) < 4.78 is 19.1. The van der Waals surface area contributed by atoms with Gasteiger partial charge in [0.2, 0.25) is 0 Å². The third kappa shape index (κ3) is 3.26. The molecule has 2 aromatic rings. The summed E-state index contributed by atoms with van der Waals surface area (Å²) in [4.78, 5) is 20.4. The van der Waals surface area contributed by atoms with Crippen molar-refractivity contribution in [2.45, 2.75) is 12.5 Å². The van der Waals surface area contributed by atoms with Crippen LogP contribution in [0.4, 0.5) is 10.1 Å². The first-order chi connectivity index (χ1) is 11.5. The van der Waals surface area contributed by atoms with Gasteiger partial charge in [-0.15, -0.1) is 0 Å². The number of carbonyl (C=O) groups excluding carboxylic acids is 1. The van der Waals surface area contributed by atoms with Gasteiger partial charge >= 0.3 is 0 Å². The van der Waals surface area contributed by atoms with Gasteiger partial charge in [-0.3, -0.25) is 9.79 Å². The first-order valence-corrected chi connectivity index (χ1v) is 7.42. The first kappa shape index (κ1) is 16.1. The molecule has 0 aliphatic carbocycles. The predicted octanol–water partition coefficient (Wildman–Crippen LogP) is 2.08. The summed E-state index contributed by atoms with van der Waals surface area (Å²) in [5.74, 6) is -0.858. The number of benzene rings is 1. The van der Waals surface area contributed by atoms with E-state index < -0.39 is 17.3 Å². The highest BCUT2D eigenvalue weighted by atomic mass is 19.1. The van der Waals surface area contributed by atoms with Crippen molar-refractivity contribution < 1.29 is 13.9 Å². The number of pyridine rings is 1. The average molecular weight is 328 g/mol. The van der Waals surface area contributed by atoms with Crippen LogP contribution in [-0.4, -0.2) is 29.9 Å². The zero-order valence-corrected chi connectivity index (χ0v) is 13.1. The minimum atomic E-state index is -0.670. The Morgan fingerprint density at radius 2 is 2.21 bits per heavy atom. The summed E-state index contributed by atoms with van der Waals surface area (Å²) >= 11 is 0. The normalized spacial score (nSPS) is 20.3. The minimum Gasteiger partial charge on any atom is -0.386 e. The molecule has 0 bridgehead atoms. The molecule has 0 fully saturated rings. The van der Waals surface area contributed by atoms with E-state index in [4.69, 9.17) is 10.5 Å². The van der Waals surface area contributed by atoms with E-state index in [1.165, 1.54) is 18.3 Å². The Morgan fingerprint density at radius 3 is 2.96 bits per heavy atom. The molecule has 3 N–H and O–H groups in total. The molecule has 1 aliphatic heterocycles. The number of rotatable bonds is 3. The number of aliphatic imine (C=N–C) groups is 1. The third-order valence-electron chi connectivity index (χ3n) is 3.74. The summed E-state index contributed by atoms with van der Waals surface area (Å²) in [6, 6.07) is 9.76. The van der Waals surface area contributed by atoms with E-state index in [0.29, 0.717) is 24.7 Å². The van der Waals surface area contributed by atoms with Gasteiger partial charge in [-0.1, -0.05) is 12.1 Å². The molecule has 0 saturated carbocycles. The van der Waals surface area contributed by atoms with Gasteiger partial charge in [0.1, 0.15) is 18.0 Å². The van der Waals surface area contributed by atoms with Crippen LogP contribution >= 0.6 is 0 Å². The maximum Gasteiger partial charge on any atom is 0.277 e. The highest BCUT2D eigenvalue weighted by Gasteiger charge is 2.30. The molecule has 7 heteroatoms. The van der Waals surface area contributed by atoms with E-state index in [-0.39, 0.29) is 5.69 Å². The van der Waals surface area contributed by atoms with Gasteiger partial charge in [-0.2, -0.15) is 0 Å². The Balaban J connectivity index is 1.85. The van der Waals surface area contributed by atoms with Crippen molar-refractivity contribution in [2.24, 2.45) is 10.7 Å². The predicted molar refractivity (Wildman–Crippen MR) is 88.4 cm³/mol. The third-order valence-corrected chi connectivity index (χ3v) is 3.74. The summed E-state index contributed by atoms with van der Waals surface area (Å²) in [7, 11) is 0. The van der Waals surface area contributed by atoms with Crippen molar-refractivity contribution in [3.05, 3.63) is 59.7 Å². The van der Waals surface area contributed by atoms with Gasteiger partial charge in [0.15, 0.2) is 11.5 Å². The Labute approximate surface area is 138 Å². The monoisotopic (exact) mass is 328 g/mol. The molecule has 24 heavy (non-hydrogen) atoms. The van der Waals surface area contributed by atoms with Gasteiger partial charge in [0, 0.05) is 11.9 Å². The maximum absolute atomic E-state index is 13.6. The van der Waals surface area contributed by atoms with Crippen molar-refractivity contribution in [3.63, 3.8) is 0 Å². The number of amides is 1. The zero-order valence-electron chi connectivity index (χ0n) is 13.1. The molecular weight excluding hydrogens is 311 g/mol. The van der Waals surface area contributed by atoms with Crippen LogP contribution in [0.15, 0.2) is 47.6 Å². The molecule has 1 aromatic carbocycles. The molecule has 6 nitrogen and oxygen atoms in total. The Morgan fingerprint density at radius 1 is 1.38 bits per heavy atom. The number of aromatic nitrogens is 1. The molecule has 1 atom stereocenters. The summed E-state index contributed by atoms with van der Waals surface area (Å²) in [5, 5.41) is 2.64. The average Bonchev–Trinajstić information content (AvgIpc) is 2.55. The number of amidine groups is 1. The highest BCUT2D eigenvalue weighted by molar-refractivity contribution is 6.03. The minimum absolute atomic E-state index is 0.252. The van der Waals surface area contributed by atoms with Crippen LogP contribution in [0.3, 0.4) is 0 Å². The SMILES string of the molecule is CC1(c2cccc(NC(=O)c3ncccc3F)c2)COCC(N)=N1. The topological polar surface area (TPSA) is 89.6 Å². The number of nitrogens with zero attached hydrogens (tertiary/aromatic N) is 2. The summed E-state index contributed by atoms with van der Waals surface area (Å²) in [5.41, 5.74) is 6.24. The fourth-order valence-electron chi connectivity index (χ4n) is 2.56. The van der Waals surface area contributed by atoms with Crippen molar-refractivity contribution in [1.82, 2.24) is 4.98 Å². The van der Waals surface area contributed by atoms with Crippen LogP contribution in [0, 0.1) is 5.82 Å². The van der Waals surface area contributed by atoms with Crippen molar-refractivity contribution in [1.29, 1.82) is 0 Å². The lowest BCUT2D eigenvalue weighted by atomic mass is 9.92. The molecule has 0 saturated heterocycles. The van der Waals surface area contributed by atoms with Crippen LogP contribution < -0.4 is 11.1 Å². The maximum atomic E-state index is 13.6. The van der Waals surface area contributed by atoms with Gasteiger partial charge in [-0.25, -0.2) is 9.37 Å². The van der Waals surface area contributed by atoms with Gasteiger partial charge in [0.05, 0.1) is 6.61 Å². The summed E-state index contributed by atoms with van der Waals surface area (Å²) in [6.45, 7) is 2.60. The second-order valence-corrected chi connectivity index (χ2v) is 5.74. The number of halogens is 1. The molecular formula is C17H17FN4O2. The molecule has 1 amide bonds. The second-order valence-electron chi connectivity index (χ2n) is 5.74. The number of hydrogen-bond acceptors (Lipinski definition) is 5. The summed E-state index contributed by atoms with van der Waals surface area (Å²) in [6.07, 6.45) is 1.37. The van der Waals surface area contributed by atoms with Crippen LogP contribution in [0.1, 0.15) is 23.0 Å². The zero-order chi connectivity index (χ0) is 17.2. The van der Waals surface area contributed by atoms with Crippen LogP contribution in [-0.2, 0) is 10.3 Å². The highest BCUT2D eigenvalue weighted by Crippen LogP contribution is 2.30. The van der Waals surface area contributed by atoms with Crippen LogP contribution in [0.2, 0.25) is 0 Å². The lowest BCUT2D eigenvalue weighted by Gasteiger charge is -2.30. The first-order valence-electron chi connectivity index (χ1n) is 7.42. The largest absolute Gasteiger partial charge is 0.386 e. The van der Waals surface area contributed by atoms with E-state index in [2.05, 4.69) is 15.3 Å². The molecule has 2 heterocycles. The number of ether oxygens (including phenoxy) is 1. The molecule has 3 rings (SSSR count). The lowest BCUT2D eigenvalue weighted by molar-refractivity contribution is 0.101. The lowest BCUT2D eigenvalue weighted by Crippen LogP contribution is -2.37. The van der Waals surface area contributed by atoms with Gasteiger partial charge in [0.25, 0.3) is 5.91 Å². The molecule has 1 aromatic heterocycles. The van der Waals surface area contributed by atoms with Crippen LogP contribution in [0.25, 0.3) is 0 Å². The molecule has 1 aliphatic rings. The van der Waals surface area contributed by atoms with Crippen molar-refractivity contribution >= 4 is 17.4 Å². The van der Waals surface area contributed by atoms with E-state index in [0.717, 1.165) is 5.56 Å². The van der Waals surface area contributed by atoms with Gasteiger partial charge < -0.3 is 15.8 Å². The number of nitrogens with one attached hydrogen (secondary N) is 1. The number of carbonyl (C=O) groups is 1. The number of nitrogens with two attached hydrogens (primary N) is 1. The standard InChI is InChI=1S/C17H17FN4O2/c1-17(10-24-9-14(19)22-17)11-4-2-5-12(8-11)21-16(23)15-13(18)6-3-7-20-15/h2-8H,9-10H2,1H3,(H2,19,22)(H,21,23). The number of anilines is 1. The Kier molecular flexibility index (Phi) is 4.26. The number of hydrogen-bond donors (Lipinski definition) is 2. The quantitative estimate of drug-likeness (QED) is 0.902. The Bertz CT molecular complexity index is 809. The fourth-order valence-corrected chi connectivity index (χ4v) is 2.56. The molecule has 0 spiro atoms. The van der Waals surface area contributed by atoms with Crippen molar-refractivity contribution in [2.75, 3.05) is 18.5 Å². The fraction of sp³-hybridized carbons (Fsp3) is 0.235. The van der Waals surface area contributed by atoms with Crippen LogP contribution in [0.5, 0.6) is 0 Å². The molecule has 0 radical (unpaired) electrons. The van der Waals surface area contributed by atoms with E-state index in [1.54, 1.807) is 18.2 Å². The second kappa shape index (κ2) is 6.37. The van der Waals surface area contributed by atoms with E-state index in [9.17, 15) is 9.18 Å². The van der Waals surface area contributed by atoms with E-state index in [1.807, 2.05) is 13.0 Å². The smallest absolute Gasteiger partial charge is 0.277 e. The molecule has 1 unspecified atom stereocenters. The van der Waals surface area contributed by atoms with E-state index >= 15 is 0 Å². The van der Waals surface area contributed by atoms with Crippen molar-refractivity contribution in [3.8, 4) is 0 Å². The molecule has 124 valence electrons.